The second-order valence-corrected chi connectivity index (χ2v) is 16.7. The van der Waals surface area contributed by atoms with Crippen LogP contribution >= 0.6 is 0 Å². The minimum Gasteiger partial charge on any atom is -0.476 e. The average molecular weight is 681 g/mol. The quantitative estimate of drug-likeness (QED) is 0.318. The van der Waals surface area contributed by atoms with E-state index in [0.717, 1.165) is 74.6 Å². The van der Waals surface area contributed by atoms with Crippen LogP contribution in [0.2, 0.25) is 0 Å². The summed E-state index contributed by atoms with van der Waals surface area (Å²) < 4.78 is 37.5. The van der Waals surface area contributed by atoms with Crippen LogP contribution in [0.15, 0.2) is 47.6 Å². The van der Waals surface area contributed by atoms with E-state index in [-0.39, 0.29) is 13.1 Å². The number of hydrogen-bond acceptors (Lipinski definition) is 12. The number of hydrogen-bond donors (Lipinski definition) is 1. The van der Waals surface area contributed by atoms with Crippen LogP contribution in [-0.2, 0) is 14.6 Å². The van der Waals surface area contributed by atoms with Crippen molar-refractivity contribution in [1.29, 1.82) is 0 Å². The second kappa shape index (κ2) is 14.0. The molecule has 3 aliphatic rings. The van der Waals surface area contributed by atoms with Crippen molar-refractivity contribution >= 4 is 38.5 Å². The number of likely N-dealkylation sites (tertiary alicyclic amines) is 2. The lowest BCUT2D eigenvalue weighted by Crippen LogP contribution is -2.57. The number of nitrogens with zero attached hydrogens (tertiary/aromatic N) is 7. The van der Waals surface area contributed by atoms with Gasteiger partial charge in [-0.1, -0.05) is 0 Å². The SMILES string of the molecule is CN(C)CCOc1ccc2ncnc(NC3CCN(CC4CN(c5ccc(S(=O)(=O)C6CN(C(=O)OC(C)(C)C)C6)cc5)C4)CC3)c2n1. The molecule has 0 unspecified atom stereocenters. The molecule has 5 heterocycles. The van der Waals surface area contributed by atoms with E-state index in [2.05, 4.69) is 30.0 Å². The summed E-state index contributed by atoms with van der Waals surface area (Å²) in [4.78, 5) is 34.5. The third-order valence-electron chi connectivity index (χ3n) is 9.12. The molecule has 0 atom stereocenters. The number of sulfone groups is 1. The van der Waals surface area contributed by atoms with Crippen molar-refractivity contribution in [2.45, 2.75) is 55.4 Å². The number of rotatable bonds is 11. The first-order valence-electron chi connectivity index (χ1n) is 16.8. The van der Waals surface area contributed by atoms with Gasteiger partial charge in [0.15, 0.2) is 15.7 Å². The molecule has 14 heteroatoms. The summed E-state index contributed by atoms with van der Waals surface area (Å²) in [6.07, 6.45) is 3.15. The number of pyridine rings is 1. The van der Waals surface area contributed by atoms with Gasteiger partial charge in [-0.2, -0.15) is 0 Å². The van der Waals surface area contributed by atoms with E-state index in [1.165, 1.54) is 4.90 Å². The van der Waals surface area contributed by atoms with E-state index >= 15 is 0 Å². The number of likely N-dealkylation sites (N-methyl/N-ethyl adjacent to an activating group) is 1. The number of piperidine rings is 1. The van der Waals surface area contributed by atoms with Crippen LogP contribution in [0.4, 0.5) is 16.3 Å². The van der Waals surface area contributed by atoms with Crippen LogP contribution in [0, 0.1) is 5.92 Å². The van der Waals surface area contributed by atoms with Crippen molar-refractivity contribution in [3.63, 3.8) is 0 Å². The van der Waals surface area contributed by atoms with Gasteiger partial charge in [0.2, 0.25) is 5.88 Å². The van der Waals surface area contributed by atoms with Crippen molar-refractivity contribution in [3.8, 4) is 5.88 Å². The van der Waals surface area contributed by atoms with Crippen LogP contribution in [0.25, 0.3) is 11.0 Å². The van der Waals surface area contributed by atoms with Gasteiger partial charge in [-0.3, -0.25) is 0 Å². The fraction of sp³-hybridized carbons (Fsp3) is 0.588. The number of fused-ring (bicyclic) bond motifs is 1. The van der Waals surface area contributed by atoms with E-state index in [0.29, 0.717) is 29.3 Å². The number of anilines is 2. The summed E-state index contributed by atoms with van der Waals surface area (Å²) in [6, 6.07) is 11.3. The monoisotopic (exact) mass is 680 g/mol. The number of carbonyl (C=O) groups is 1. The van der Waals surface area contributed by atoms with E-state index < -0.39 is 26.8 Å². The second-order valence-electron chi connectivity index (χ2n) is 14.4. The summed E-state index contributed by atoms with van der Waals surface area (Å²) >= 11 is 0. The number of aromatic nitrogens is 3. The van der Waals surface area contributed by atoms with Gasteiger partial charge >= 0.3 is 6.09 Å². The first-order valence-corrected chi connectivity index (χ1v) is 18.3. The van der Waals surface area contributed by atoms with Crippen molar-refractivity contribution in [3.05, 3.63) is 42.7 Å². The predicted molar refractivity (Wildman–Crippen MR) is 185 cm³/mol. The number of benzene rings is 1. The standard InChI is InChI=1S/C34H48N8O5S/c1-34(2,3)47-33(43)42-21-28(22-42)48(44,45)27-8-6-26(7-9-27)41-19-24(20-41)18-40-14-12-25(13-15-40)37-32-31-29(35-23-36-32)10-11-30(38-31)46-17-16-39(4)5/h6-11,23-25,28H,12-22H2,1-5H3,(H,35,36,37). The highest BCUT2D eigenvalue weighted by molar-refractivity contribution is 7.92. The Morgan fingerprint density at radius 3 is 2.38 bits per heavy atom. The lowest BCUT2D eigenvalue weighted by atomic mass is 9.96. The molecule has 260 valence electrons. The lowest BCUT2D eigenvalue weighted by molar-refractivity contribution is 0.0139. The summed E-state index contributed by atoms with van der Waals surface area (Å²) in [5, 5.41) is 3.02. The largest absolute Gasteiger partial charge is 0.476 e. The molecule has 2 aromatic heterocycles. The fourth-order valence-corrected chi connectivity index (χ4v) is 7.96. The van der Waals surface area contributed by atoms with Gasteiger partial charge in [0.25, 0.3) is 0 Å². The van der Waals surface area contributed by atoms with Crippen molar-refractivity contribution in [2.75, 3.05) is 83.3 Å². The average Bonchev–Trinajstić information content (AvgIpc) is 2.98. The topological polar surface area (TPSA) is 133 Å². The summed E-state index contributed by atoms with van der Waals surface area (Å²) in [5.41, 5.74) is 1.95. The molecule has 0 bridgehead atoms. The number of carbonyl (C=O) groups excluding carboxylic acids is 1. The third-order valence-corrected chi connectivity index (χ3v) is 11.2. The Kier molecular flexibility index (Phi) is 9.96. The molecule has 1 aromatic carbocycles. The van der Waals surface area contributed by atoms with Gasteiger partial charge in [-0.05, 0) is 78.0 Å². The molecule has 6 rings (SSSR count). The van der Waals surface area contributed by atoms with Crippen LogP contribution < -0.4 is 15.0 Å². The summed E-state index contributed by atoms with van der Waals surface area (Å²) in [5.74, 6) is 1.91. The number of nitrogens with one attached hydrogen (secondary N) is 1. The van der Waals surface area contributed by atoms with Crippen molar-refractivity contribution in [1.82, 2.24) is 29.7 Å². The first kappa shape index (κ1) is 34.1. The lowest BCUT2D eigenvalue weighted by Gasteiger charge is -2.44. The van der Waals surface area contributed by atoms with Crippen LogP contribution in [0.3, 0.4) is 0 Å². The summed E-state index contributed by atoms with van der Waals surface area (Å²) in [7, 11) is 0.511. The van der Waals surface area contributed by atoms with Crippen LogP contribution in [-0.4, -0.2) is 134 Å². The minimum absolute atomic E-state index is 0.155. The normalized spacial score (nSPS) is 18.5. The highest BCUT2D eigenvalue weighted by atomic mass is 32.2. The Bertz CT molecular complexity index is 1680. The Morgan fingerprint density at radius 2 is 1.71 bits per heavy atom. The molecule has 1 N–H and O–H groups in total. The zero-order valence-electron chi connectivity index (χ0n) is 28.6. The van der Waals surface area contributed by atoms with Crippen molar-refractivity contribution < 1.29 is 22.7 Å². The molecule has 0 saturated carbocycles. The van der Waals surface area contributed by atoms with Gasteiger partial charge in [0.05, 0.1) is 10.4 Å². The van der Waals surface area contributed by atoms with Gasteiger partial charge < -0.3 is 34.4 Å². The highest BCUT2D eigenvalue weighted by Gasteiger charge is 2.42. The molecular weight excluding hydrogens is 632 g/mol. The maximum absolute atomic E-state index is 13.1. The van der Waals surface area contributed by atoms with Gasteiger partial charge in [-0.15, -0.1) is 0 Å². The van der Waals surface area contributed by atoms with E-state index in [1.807, 2.05) is 38.4 Å². The summed E-state index contributed by atoms with van der Waals surface area (Å²) in [6.45, 7) is 12.1. The number of ether oxygens (including phenoxy) is 2. The Balaban J connectivity index is 0.933. The highest BCUT2D eigenvalue weighted by Crippen LogP contribution is 2.30. The molecule has 3 fully saturated rings. The van der Waals surface area contributed by atoms with Gasteiger partial charge in [-0.25, -0.2) is 28.2 Å². The molecule has 3 aliphatic heterocycles. The molecule has 48 heavy (non-hydrogen) atoms. The van der Waals surface area contributed by atoms with E-state index in [4.69, 9.17) is 14.5 Å². The maximum Gasteiger partial charge on any atom is 0.410 e. The maximum atomic E-state index is 13.1. The predicted octanol–water partition coefficient (Wildman–Crippen LogP) is 3.37. The molecule has 0 aliphatic carbocycles. The zero-order chi connectivity index (χ0) is 34.1. The Labute approximate surface area is 283 Å². The van der Waals surface area contributed by atoms with Crippen LogP contribution in [0.1, 0.15) is 33.6 Å². The Morgan fingerprint density at radius 1 is 1.00 bits per heavy atom. The van der Waals surface area contributed by atoms with Gasteiger partial charge in [0.1, 0.15) is 29.3 Å². The minimum atomic E-state index is -3.51. The zero-order valence-corrected chi connectivity index (χ0v) is 29.4. The van der Waals surface area contributed by atoms with Gasteiger partial charge in [0, 0.05) is 76.1 Å². The fourth-order valence-electron chi connectivity index (χ4n) is 6.30. The third kappa shape index (κ3) is 8.09. The van der Waals surface area contributed by atoms with Crippen LogP contribution in [0.5, 0.6) is 5.88 Å². The van der Waals surface area contributed by atoms with E-state index in [9.17, 15) is 13.2 Å². The molecule has 1 amide bonds. The molecule has 13 nitrogen and oxygen atoms in total. The van der Waals surface area contributed by atoms with Crippen molar-refractivity contribution in [2.24, 2.45) is 5.92 Å². The molecule has 0 radical (unpaired) electrons. The van der Waals surface area contributed by atoms with E-state index in [1.54, 1.807) is 39.2 Å². The molecule has 3 aromatic rings. The number of amides is 1. The smallest absolute Gasteiger partial charge is 0.410 e. The molecule has 3 saturated heterocycles. The molecular formula is C34H48N8O5S. The first-order chi connectivity index (χ1) is 22.8. The molecule has 0 spiro atoms. The Hall–Kier alpha value is -3.75.